The number of benzene rings is 1. The molecule has 0 saturated heterocycles. The number of thioether (sulfide) groups is 1. The molecule has 92 valence electrons. The molecule has 0 aliphatic heterocycles. The highest BCUT2D eigenvalue weighted by atomic mass is 32.2. The Kier molecular flexibility index (Phi) is 5.63. The third-order valence-corrected chi connectivity index (χ3v) is 3.20. The zero-order valence-corrected chi connectivity index (χ0v) is 10.7. The fraction of sp³-hybridized carbons (Fsp3) is 0.308. The van der Waals surface area contributed by atoms with Crippen molar-refractivity contribution in [3.05, 3.63) is 42.0 Å². The zero-order valence-electron chi connectivity index (χ0n) is 9.90. The molecule has 1 aromatic carbocycles. The van der Waals surface area contributed by atoms with Crippen LogP contribution in [0.4, 0.5) is 0 Å². The SMILES string of the molecule is C=CCSCCNC(=O)c1ccc(C)c(O)c1. The minimum Gasteiger partial charge on any atom is -0.508 e. The first-order chi connectivity index (χ1) is 8.15. The molecule has 4 heteroatoms. The molecule has 0 aromatic heterocycles. The quantitative estimate of drug-likeness (QED) is 0.602. The van der Waals surface area contributed by atoms with Crippen molar-refractivity contribution in [1.29, 1.82) is 0 Å². The topological polar surface area (TPSA) is 49.3 Å². The molecule has 0 atom stereocenters. The molecule has 0 aliphatic carbocycles. The van der Waals surface area contributed by atoms with Crippen LogP contribution < -0.4 is 5.32 Å². The van der Waals surface area contributed by atoms with Crippen LogP contribution in [0.1, 0.15) is 15.9 Å². The van der Waals surface area contributed by atoms with Crippen LogP contribution in [0.3, 0.4) is 0 Å². The van der Waals surface area contributed by atoms with Crippen molar-refractivity contribution in [2.24, 2.45) is 0 Å². The third kappa shape index (κ3) is 4.53. The minimum atomic E-state index is -0.153. The molecule has 0 spiro atoms. The number of rotatable bonds is 6. The molecule has 0 radical (unpaired) electrons. The predicted octanol–water partition coefficient (Wildman–Crippen LogP) is 2.35. The van der Waals surface area contributed by atoms with Crippen molar-refractivity contribution in [3.8, 4) is 5.75 Å². The molecule has 0 bridgehead atoms. The second kappa shape index (κ2) is 7.01. The number of hydrogen-bond acceptors (Lipinski definition) is 3. The van der Waals surface area contributed by atoms with Crippen LogP contribution in [0.25, 0.3) is 0 Å². The van der Waals surface area contributed by atoms with Crippen LogP contribution >= 0.6 is 11.8 Å². The Hall–Kier alpha value is -1.42. The van der Waals surface area contributed by atoms with Gasteiger partial charge in [-0.3, -0.25) is 4.79 Å². The molecule has 17 heavy (non-hydrogen) atoms. The van der Waals surface area contributed by atoms with E-state index in [1.165, 1.54) is 6.07 Å². The Morgan fingerprint density at radius 2 is 2.35 bits per heavy atom. The Morgan fingerprint density at radius 3 is 3.00 bits per heavy atom. The number of hydrogen-bond donors (Lipinski definition) is 2. The molecule has 1 amide bonds. The number of aromatic hydroxyl groups is 1. The van der Waals surface area contributed by atoms with Crippen LogP contribution in [0.15, 0.2) is 30.9 Å². The van der Waals surface area contributed by atoms with E-state index in [0.29, 0.717) is 12.1 Å². The molecule has 3 nitrogen and oxygen atoms in total. The lowest BCUT2D eigenvalue weighted by Gasteiger charge is -2.06. The van der Waals surface area contributed by atoms with Gasteiger partial charge in [0.15, 0.2) is 0 Å². The van der Waals surface area contributed by atoms with Crippen LogP contribution in [0.5, 0.6) is 5.75 Å². The van der Waals surface area contributed by atoms with Gasteiger partial charge >= 0.3 is 0 Å². The second-order valence-electron chi connectivity index (χ2n) is 3.62. The highest BCUT2D eigenvalue weighted by Gasteiger charge is 2.06. The van der Waals surface area contributed by atoms with Gasteiger partial charge in [0.25, 0.3) is 5.91 Å². The number of phenolic OH excluding ortho intramolecular Hbond substituents is 1. The Bertz CT molecular complexity index is 404. The third-order valence-electron chi connectivity index (χ3n) is 2.24. The van der Waals surface area contributed by atoms with Gasteiger partial charge in [0.1, 0.15) is 5.75 Å². The summed E-state index contributed by atoms with van der Waals surface area (Å²) in [4.78, 5) is 11.7. The number of aryl methyl sites for hydroxylation is 1. The molecular weight excluding hydrogens is 234 g/mol. The number of carbonyl (C=O) groups is 1. The maximum absolute atomic E-state index is 11.7. The van der Waals surface area contributed by atoms with Gasteiger partial charge in [-0.15, -0.1) is 6.58 Å². The fourth-order valence-electron chi connectivity index (χ4n) is 1.26. The summed E-state index contributed by atoms with van der Waals surface area (Å²) in [5.74, 6) is 1.75. The number of carbonyl (C=O) groups excluding carboxylic acids is 1. The summed E-state index contributed by atoms with van der Waals surface area (Å²) < 4.78 is 0. The fourth-order valence-corrected chi connectivity index (χ4v) is 1.84. The highest BCUT2D eigenvalue weighted by molar-refractivity contribution is 7.99. The number of nitrogens with one attached hydrogen (secondary N) is 1. The molecule has 0 saturated carbocycles. The van der Waals surface area contributed by atoms with Crippen molar-refractivity contribution in [1.82, 2.24) is 5.32 Å². The Labute approximate surface area is 106 Å². The summed E-state index contributed by atoms with van der Waals surface area (Å²) in [7, 11) is 0. The highest BCUT2D eigenvalue weighted by Crippen LogP contribution is 2.17. The summed E-state index contributed by atoms with van der Waals surface area (Å²) in [5, 5.41) is 12.3. The molecule has 0 fully saturated rings. The van der Waals surface area contributed by atoms with E-state index in [4.69, 9.17) is 0 Å². The lowest BCUT2D eigenvalue weighted by atomic mass is 10.1. The monoisotopic (exact) mass is 251 g/mol. The Balaban J connectivity index is 2.41. The minimum absolute atomic E-state index is 0.152. The van der Waals surface area contributed by atoms with Crippen molar-refractivity contribution in [3.63, 3.8) is 0 Å². The molecule has 0 unspecified atom stereocenters. The number of phenols is 1. The van der Waals surface area contributed by atoms with E-state index < -0.39 is 0 Å². The first-order valence-corrected chi connectivity index (χ1v) is 6.57. The first-order valence-electron chi connectivity index (χ1n) is 5.41. The molecule has 0 heterocycles. The molecule has 1 rings (SSSR count). The standard InChI is InChI=1S/C13H17NO2S/c1-3-7-17-8-6-14-13(16)11-5-4-10(2)12(15)9-11/h3-5,9,15H,1,6-8H2,2H3,(H,14,16). The van der Waals surface area contributed by atoms with E-state index in [9.17, 15) is 9.90 Å². The van der Waals surface area contributed by atoms with E-state index in [0.717, 1.165) is 17.1 Å². The van der Waals surface area contributed by atoms with Crippen LogP contribution in [-0.4, -0.2) is 29.1 Å². The molecule has 0 aliphatic rings. The van der Waals surface area contributed by atoms with E-state index in [1.807, 2.05) is 6.08 Å². The summed E-state index contributed by atoms with van der Waals surface area (Å²) in [5.41, 5.74) is 1.25. The van der Waals surface area contributed by atoms with Crippen molar-refractivity contribution in [2.45, 2.75) is 6.92 Å². The van der Waals surface area contributed by atoms with Crippen molar-refractivity contribution in [2.75, 3.05) is 18.1 Å². The molecule has 1 aromatic rings. The van der Waals surface area contributed by atoms with Gasteiger partial charge in [0, 0.05) is 23.6 Å². The van der Waals surface area contributed by atoms with Crippen LogP contribution in [0, 0.1) is 6.92 Å². The van der Waals surface area contributed by atoms with Crippen LogP contribution in [0.2, 0.25) is 0 Å². The van der Waals surface area contributed by atoms with Crippen molar-refractivity contribution < 1.29 is 9.90 Å². The van der Waals surface area contributed by atoms with Gasteiger partial charge < -0.3 is 10.4 Å². The zero-order chi connectivity index (χ0) is 12.7. The van der Waals surface area contributed by atoms with E-state index in [-0.39, 0.29) is 11.7 Å². The predicted molar refractivity (Wildman–Crippen MR) is 72.7 cm³/mol. The summed E-state index contributed by atoms with van der Waals surface area (Å²) in [6.45, 7) is 6.03. The summed E-state index contributed by atoms with van der Waals surface area (Å²) >= 11 is 1.71. The lowest BCUT2D eigenvalue weighted by molar-refractivity contribution is 0.0956. The summed E-state index contributed by atoms with van der Waals surface area (Å²) in [6, 6.07) is 4.93. The normalized spacial score (nSPS) is 9.94. The van der Waals surface area contributed by atoms with Crippen LogP contribution in [-0.2, 0) is 0 Å². The largest absolute Gasteiger partial charge is 0.508 e. The maximum atomic E-state index is 11.7. The average Bonchev–Trinajstić information content (AvgIpc) is 2.32. The summed E-state index contributed by atoms with van der Waals surface area (Å²) in [6.07, 6.45) is 1.84. The molecular formula is C13H17NO2S. The second-order valence-corrected chi connectivity index (χ2v) is 4.77. The van der Waals surface area contributed by atoms with E-state index in [2.05, 4.69) is 11.9 Å². The maximum Gasteiger partial charge on any atom is 0.251 e. The van der Waals surface area contributed by atoms with Gasteiger partial charge in [0.2, 0.25) is 0 Å². The van der Waals surface area contributed by atoms with Gasteiger partial charge in [-0.2, -0.15) is 11.8 Å². The van der Waals surface area contributed by atoms with Gasteiger partial charge in [-0.25, -0.2) is 0 Å². The first kappa shape index (κ1) is 13.6. The number of amides is 1. The Morgan fingerprint density at radius 1 is 1.59 bits per heavy atom. The smallest absolute Gasteiger partial charge is 0.251 e. The van der Waals surface area contributed by atoms with E-state index >= 15 is 0 Å². The van der Waals surface area contributed by atoms with Gasteiger partial charge in [-0.1, -0.05) is 12.1 Å². The van der Waals surface area contributed by atoms with Gasteiger partial charge in [-0.05, 0) is 24.6 Å². The molecule has 2 N–H and O–H groups in total. The van der Waals surface area contributed by atoms with Gasteiger partial charge in [0.05, 0.1) is 0 Å². The van der Waals surface area contributed by atoms with E-state index in [1.54, 1.807) is 30.8 Å². The average molecular weight is 251 g/mol. The van der Waals surface area contributed by atoms with Crippen molar-refractivity contribution >= 4 is 17.7 Å². The lowest BCUT2D eigenvalue weighted by Crippen LogP contribution is -2.25.